The zero-order valence-electron chi connectivity index (χ0n) is 8.51. The van der Waals surface area contributed by atoms with Crippen LogP contribution in [-0.2, 0) is 0 Å². The minimum atomic E-state index is 0.569. The van der Waals surface area contributed by atoms with Gasteiger partial charge in [0.05, 0.1) is 0 Å². The zero-order chi connectivity index (χ0) is 9.42. The summed E-state index contributed by atoms with van der Waals surface area (Å²) in [6.45, 7) is 9.68. The number of nitrogens with zero attached hydrogens (tertiary/aromatic N) is 1. The van der Waals surface area contributed by atoms with Crippen LogP contribution in [0, 0.1) is 0 Å². The van der Waals surface area contributed by atoms with Gasteiger partial charge in [0, 0.05) is 18.3 Å². The van der Waals surface area contributed by atoms with E-state index >= 15 is 0 Å². The molecule has 1 heteroatoms. The van der Waals surface area contributed by atoms with Gasteiger partial charge in [0.2, 0.25) is 0 Å². The summed E-state index contributed by atoms with van der Waals surface area (Å²) in [5.74, 6) is 0. The Morgan fingerprint density at radius 3 is 2.62 bits per heavy atom. The van der Waals surface area contributed by atoms with Crippen molar-refractivity contribution in [2.45, 2.75) is 32.7 Å². The number of allylic oxidation sites excluding steroid dienone is 3. The smallest absolute Gasteiger partial charge is 0.0435 e. The summed E-state index contributed by atoms with van der Waals surface area (Å²) in [4.78, 5) is 2.38. The molecule has 1 saturated heterocycles. The molecule has 0 saturated carbocycles. The third-order valence-electron chi connectivity index (χ3n) is 2.87. The number of likely N-dealkylation sites (tertiary alicyclic amines) is 1. The van der Waals surface area contributed by atoms with Crippen molar-refractivity contribution in [3.05, 3.63) is 35.6 Å². The molecular formula is C12H17N. The number of rotatable bonds is 1. The highest BCUT2D eigenvalue weighted by Crippen LogP contribution is 2.35. The van der Waals surface area contributed by atoms with Crippen LogP contribution in [0.5, 0.6) is 0 Å². The van der Waals surface area contributed by atoms with Crippen LogP contribution < -0.4 is 0 Å². The third-order valence-corrected chi connectivity index (χ3v) is 2.87. The van der Waals surface area contributed by atoms with Crippen molar-refractivity contribution in [3.8, 4) is 0 Å². The highest BCUT2D eigenvalue weighted by atomic mass is 15.2. The molecule has 0 radical (unpaired) electrons. The molecule has 70 valence electrons. The Balaban J connectivity index is 2.29. The van der Waals surface area contributed by atoms with Crippen LogP contribution >= 0.6 is 0 Å². The largest absolute Gasteiger partial charge is 0.365 e. The van der Waals surface area contributed by atoms with E-state index in [1.165, 1.54) is 29.7 Å². The van der Waals surface area contributed by atoms with E-state index in [0.717, 1.165) is 6.54 Å². The Morgan fingerprint density at radius 2 is 2.00 bits per heavy atom. The van der Waals surface area contributed by atoms with Crippen LogP contribution in [0.2, 0.25) is 0 Å². The summed E-state index contributed by atoms with van der Waals surface area (Å²) in [7, 11) is 0. The second-order valence-corrected chi connectivity index (χ2v) is 4.09. The minimum absolute atomic E-state index is 0.569. The van der Waals surface area contributed by atoms with Gasteiger partial charge in [-0.25, -0.2) is 0 Å². The second kappa shape index (κ2) is 3.06. The Hall–Kier alpha value is -0.980. The van der Waals surface area contributed by atoms with Crippen molar-refractivity contribution in [1.29, 1.82) is 0 Å². The van der Waals surface area contributed by atoms with Crippen molar-refractivity contribution in [3.63, 3.8) is 0 Å². The monoisotopic (exact) mass is 175 g/mol. The lowest BCUT2D eigenvalue weighted by molar-refractivity contribution is 0.337. The molecule has 1 aliphatic heterocycles. The Kier molecular flexibility index (Phi) is 2.03. The van der Waals surface area contributed by atoms with Crippen LogP contribution in [0.4, 0.5) is 0 Å². The molecule has 0 N–H and O–H groups in total. The normalized spacial score (nSPS) is 21.8. The van der Waals surface area contributed by atoms with Gasteiger partial charge in [0.1, 0.15) is 0 Å². The first-order valence-electron chi connectivity index (χ1n) is 5.05. The van der Waals surface area contributed by atoms with Crippen molar-refractivity contribution in [2.75, 3.05) is 6.54 Å². The molecule has 0 aromatic carbocycles. The summed E-state index contributed by atoms with van der Waals surface area (Å²) >= 11 is 0. The molecule has 0 amide bonds. The zero-order valence-corrected chi connectivity index (χ0v) is 8.51. The minimum Gasteiger partial charge on any atom is -0.365 e. The molecule has 0 aromatic rings. The molecule has 1 aliphatic carbocycles. The van der Waals surface area contributed by atoms with Crippen molar-refractivity contribution >= 4 is 0 Å². The third kappa shape index (κ3) is 1.32. The Bertz CT molecular complexity index is 294. The predicted molar refractivity (Wildman–Crippen MR) is 56.4 cm³/mol. The summed E-state index contributed by atoms with van der Waals surface area (Å²) in [5, 5.41) is 0. The molecule has 1 heterocycles. The first kappa shape index (κ1) is 8.61. The van der Waals surface area contributed by atoms with E-state index in [4.69, 9.17) is 0 Å². The lowest BCUT2D eigenvalue weighted by Crippen LogP contribution is -2.25. The van der Waals surface area contributed by atoms with E-state index < -0.39 is 0 Å². The van der Waals surface area contributed by atoms with Gasteiger partial charge in [0.15, 0.2) is 0 Å². The molecule has 0 bridgehead atoms. The fourth-order valence-electron chi connectivity index (χ4n) is 2.11. The van der Waals surface area contributed by atoms with Gasteiger partial charge >= 0.3 is 0 Å². The standard InChI is InChI=1S/C12H17N/c1-9(2)13-8-11-6-4-5-7-12(11)10(13)3/h6-7,9H,3-5,8H2,1-2H3. The molecular weight excluding hydrogens is 158 g/mol. The molecule has 13 heavy (non-hydrogen) atoms. The van der Waals surface area contributed by atoms with Crippen molar-refractivity contribution < 1.29 is 0 Å². The molecule has 0 atom stereocenters. The summed E-state index contributed by atoms with van der Waals surface area (Å²) in [5.41, 5.74) is 4.12. The van der Waals surface area contributed by atoms with Gasteiger partial charge in [-0.2, -0.15) is 0 Å². The average molecular weight is 175 g/mol. The average Bonchev–Trinajstić information content (AvgIpc) is 2.45. The van der Waals surface area contributed by atoms with Crippen LogP contribution in [0.1, 0.15) is 26.7 Å². The molecule has 0 aromatic heterocycles. The SMILES string of the molecule is C=C1C2=CCCC=C2CN1C(C)C. The van der Waals surface area contributed by atoms with Gasteiger partial charge in [-0.3, -0.25) is 0 Å². The summed E-state index contributed by atoms with van der Waals surface area (Å²) < 4.78 is 0. The number of hydrogen-bond donors (Lipinski definition) is 0. The highest BCUT2D eigenvalue weighted by Gasteiger charge is 2.27. The van der Waals surface area contributed by atoms with Gasteiger partial charge in [-0.15, -0.1) is 0 Å². The van der Waals surface area contributed by atoms with E-state index in [9.17, 15) is 0 Å². The number of hydrogen-bond acceptors (Lipinski definition) is 1. The maximum atomic E-state index is 4.16. The lowest BCUT2D eigenvalue weighted by Gasteiger charge is -2.23. The highest BCUT2D eigenvalue weighted by molar-refractivity contribution is 5.52. The van der Waals surface area contributed by atoms with Gasteiger partial charge in [-0.1, -0.05) is 18.7 Å². The molecule has 0 unspecified atom stereocenters. The maximum absolute atomic E-state index is 4.16. The maximum Gasteiger partial charge on any atom is 0.0435 e. The van der Waals surface area contributed by atoms with Gasteiger partial charge in [0.25, 0.3) is 0 Å². The van der Waals surface area contributed by atoms with Gasteiger partial charge in [-0.05, 0) is 37.8 Å². The molecule has 2 aliphatic rings. The van der Waals surface area contributed by atoms with Crippen LogP contribution in [0.3, 0.4) is 0 Å². The molecule has 2 rings (SSSR count). The first-order chi connectivity index (χ1) is 6.20. The van der Waals surface area contributed by atoms with Gasteiger partial charge < -0.3 is 4.90 Å². The van der Waals surface area contributed by atoms with Crippen LogP contribution in [0.25, 0.3) is 0 Å². The predicted octanol–water partition coefficient (Wildman–Crippen LogP) is 2.87. The van der Waals surface area contributed by atoms with Crippen LogP contribution in [-0.4, -0.2) is 17.5 Å². The molecule has 1 nitrogen and oxygen atoms in total. The van der Waals surface area contributed by atoms with E-state index in [2.05, 4.69) is 37.5 Å². The summed E-state index contributed by atoms with van der Waals surface area (Å²) in [6.07, 6.45) is 7.09. The molecule has 0 spiro atoms. The van der Waals surface area contributed by atoms with Crippen molar-refractivity contribution in [1.82, 2.24) is 4.90 Å². The second-order valence-electron chi connectivity index (χ2n) is 4.09. The van der Waals surface area contributed by atoms with E-state index in [1.54, 1.807) is 0 Å². The van der Waals surface area contributed by atoms with Crippen molar-refractivity contribution in [2.24, 2.45) is 0 Å². The lowest BCUT2D eigenvalue weighted by atomic mass is 10.00. The fraction of sp³-hybridized carbons (Fsp3) is 0.500. The Labute approximate surface area is 80.4 Å². The van der Waals surface area contributed by atoms with E-state index in [-0.39, 0.29) is 0 Å². The van der Waals surface area contributed by atoms with E-state index in [0.29, 0.717) is 6.04 Å². The Morgan fingerprint density at radius 1 is 1.31 bits per heavy atom. The topological polar surface area (TPSA) is 3.24 Å². The quantitative estimate of drug-likeness (QED) is 0.592. The number of fused-ring (bicyclic) bond motifs is 1. The fourth-order valence-corrected chi connectivity index (χ4v) is 2.11. The first-order valence-corrected chi connectivity index (χ1v) is 5.05. The van der Waals surface area contributed by atoms with Crippen LogP contribution in [0.15, 0.2) is 35.6 Å². The summed E-state index contributed by atoms with van der Waals surface area (Å²) in [6, 6.07) is 0.569. The van der Waals surface area contributed by atoms with E-state index in [1.807, 2.05) is 0 Å². The molecule has 1 fully saturated rings.